The van der Waals surface area contributed by atoms with Crippen molar-refractivity contribution in [3.05, 3.63) is 29.3 Å². The molecule has 0 fully saturated rings. The summed E-state index contributed by atoms with van der Waals surface area (Å²) in [6.07, 6.45) is 0. The van der Waals surface area contributed by atoms with Crippen LogP contribution in [0, 0.1) is 12.8 Å². The van der Waals surface area contributed by atoms with E-state index in [0.29, 0.717) is 6.54 Å². The van der Waals surface area contributed by atoms with Gasteiger partial charge in [-0.25, -0.2) is 0 Å². The molecule has 0 bridgehead atoms. The van der Waals surface area contributed by atoms with E-state index >= 15 is 0 Å². The quantitative estimate of drug-likeness (QED) is 0.806. The van der Waals surface area contributed by atoms with E-state index in [4.69, 9.17) is 10.5 Å². The fourth-order valence-corrected chi connectivity index (χ4v) is 1.93. The van der Waals surface area contributed by atoms with E-state index in [2.05, 4.69) is 5.32 Å². The Morgan fingerprint density at radius 1 is 1.44 bits per heavy atom. The first-order chi connectivity index (χ1) is 8.45. The van der Waals surface area contributed by atoms with Crippen LogP contribution in [0.3, 0.4) is 0 Å². The van der Waals surface area contributed by atoms with Crippen molar-refractivity contribution in [2.45, 2.75) is 33.4 Å². The summed E-state index contributed by atoms with van der Waals surface area (Å²) in [5.74, 6) is 0.662. The second-order valence-corrected chi connectivity index (χ2v) is 4.82. The molecular weight excluding hydrogens is 228 g/mol. The Labute approximate surface area is 109 Å². The van der Waals surface area contributed by atoms with Crippen molar-refractivity contribution in [1.82, 2.24) is 5.32 Å². The highest BCUT2D eigenvalue weighted by Crippen LogP contribution is 2.19. The molecule has 18 heavy (non-hydrogen) atoms. The van der Waals surface area contributed by atoms with Gasteiger partial charge in [0.15, 0.2) is 0 Å². The smallest absolute Gasteiger partial charge is 0.234 e. The molecule has 100 valence electrons. The molecule has 1 aromatic carbocycles. The SMILES string of the molecule is COc1ccc(C)cc1CNC(C(N)=O)C(C)C. The number of nitrogens with two attached hydrogens (primary N) is 1. The number of aryl methyl sites for hydroxylation is 1. The van der Waals surface area contributed by atoms with E-state index in [1.165, 1.54) is 0 Å². The summed E-state index contributed by atoms with van der Waals surface area (Å²) in [6, 6.07) is 5.65. The molecule has 0 radical (unpaired) electrons. The van der Waals surface area contributed by atoms with Gasteiger partial charge in [0.2, 0.25) is 5.91 Å². The van der Waals surface area contributed by atoms with Crippen LogP contribution >= 0.6 is 0 Å². The fourth-order valence-electron chi connectivity index (χ4n) is 1.93. The van der Waals surface area contributed by atoms with Crippen molar-refractivity contribution in [2.24, 2.45) is 11.7 Å². The number of carbonyl (C=O) groups is 1. The zero-order valence-electron chi connectivity index (χ0n) is 11.5. The average Bonchev–Trinajstić information content (AvgIpc) is 2.28. The highest BCUT2D eigenvalue weighted by atomic mass is 16.5. The van der Waals surface area contributed by atoms with E-state index in [0.717, 1.165) is 16.9 Å². The zero-order chi connectivity index (χ0) is 13.7. The molecule has 4 nitrogen and oxygen atoms in total. The number of benzene rings is 1. The molecule has 1 unspecified atom stereocenters. The summed E-state index contributed by atoms with van der Waals surface area (Å²) in [5.41, 5.74) is 7.56. The summed E-state index contributed by atoms with van der Waals surface area (Å²) in [5, 5.41) is 3.18. The van der Waals surface area contributed by atoms with Crippen molar-refractivity contribution >= 4 is 5.91 Å². The van der Waals surface area contributed by atoms with Crippen LogP contribution in [-0.2, 0) is 11.3 Å². The van der Waals surface area contributed by atoms with Crippen LogP contribution in [0.2, 0.25) is 0 Å². The van der Waals surface area contributed by atoms with Crippen LogP contribution in [0.5, 0.6) is 5.75 Å². The van der Waals surface area contributed by atoms with Gasteiger partial charge in [-0.1, -0.05) is 31.5 Å². The van der Waals surface area contributed by atoms with Gasteiger partial charge in [-0.3, -0.25) is 4.79 Å². The fraction of sp³-hybridized carbons (Fsp3) is 0.500. The summed E-state index contributed by atoms with van der Waals surface area (Å²) in [6.45, 7) is 6.53. The molecule has 1 atom stereocenters. The highest BCUT2D eigenvalue weighted by Gasteiger charge is 2.19. The zero-order valence-corrected chi connectivity index (χ0v) is 11.5. The first-order valence-corrected chi connectivity index (χ1v) is 6.12. The molecule has 3 N–H and O–H groups in total. The maximum absolute atomic E-state index is 11.3. The molecular formula is C14H22N2O2. The van der Waals surface area contributed by atoms with Crippen molar-refractivity contribution < 1.29 is 9.53 Å². The lowest BCUT2D eigenvalue weighted by Gasteiger charge is -2.20. The lowest BCUT2D eigenvalue weighted by atomic mass is 10.0. The molecule has 1 amide bonds. The standard InChI is InChI=1S/C14H22N2O2/c1-9(2)13(14(15)17)16-8-11-7-10(3)5-6-12(11)18-4/h5-7,9,13,16H,8H2,1-4H3,(H2,15,17). The Hall–Kier alpha value is -1.55. The molecule has 0 heterocycles. The number of hydrogen-bond acceptors (Lipinski definition) is 3. The number of amides is 1. The summed E-state index contributed by atoms with van der Waals surface area (Å²) in [4.78, 5) is 11.3. The molecule has 4 heteroatoms. The van der Waals surface area contributed by atoms with E-state index in [-0.39, 0.29) is 17.9 Å². The molecule has 0 aliphatic carbocycles. The molecule has 0 aliphatic heterocycles. The van der Waals surface area contributed by atoms with Crippen molar-refractivity contribution in [3.8, 4) is 5.75 Å². The first kappa shape index (κ1) is 14.5. The number of hydrogen-bond donors (Lipinski definition) is 2. The molecule has 0 spiro atoms. The van der Waals surface area contributed by atoms with Crippen LogP contribution in [0.4, 0.5) is 0 Å². The largest absolute Gasteiger partial charge is 0.496 e. The summed E-state index contributed by atoms with van der Waals surface area (Å²) in [7, 11) is 1.64. The average molecular weight is 250 g/mol. The topological polar surface area (TPSA) is 64.3 Å². The van der Waals surface area contributed by atoms with Gasteiger partial charge in [0.25, 0.3) is 0 Å². The van der Waals surface area contributed by atoms with Crippen LogP contribution < -0.4 is 15.8 Å². The van der Waals surface area contributed by atoms with Gasteiger partial charge in [0, 0.05) is 12.1 Å². The minimum absolute atomic E-state index is 0.165. The van der Waals surface area contributed by atoms with Crippen molar-refractivity contribution in [1.29, 1.82) is 0 Å². The summed E-state index contributed by atoms with van der Waals surface area (Å²) < 4.78 is 5.30. The number of primary amides is 1. The Morgan fingerprint density at radius 2 is 2.11 bits per heavy atom. The van der Waals surface area contributed by atoms with Crippen LogP contribution in [0.25, 0.3) is 0 Å². The van der Waals surface area contributed by atoms with Gasteiger partial charge >= 0.3 is 0 Å². The van der Waals surface area contributed by atoms with Crippen LogP contribution in [0.1, 0.15) is 25.0 Å². The maximum atomic E-state index is 11.3. The van der Waals surface area contributed by atoms with Crippen LogP contribution in [-0.4, -0.2) is 19.1 Å². The molecule has 1 rings (SSSR count). The van der Waals surface area contributed by atoms with Crippen LogP contribution in [0.15, 0.2) is 18.2 Å². The predicted octanol–water partition coefficient (Wildman–Crippen LogP) is 1.60. The minimum Gasteiger partial charge on any atom is -0.496 e. The van der Waals surface area contributed by atoms with E-state index in [9.17, 15) is 4.79 Å². The first-order valence-electron chi connectivity index (χ1n) is 6.12. The third kappa shape index (κ3) is 3.74. The molecule has 0 saturated heterocycles. The Bertz CT molecular complexity index is 416. The van der Waals surface area contributed by atoms with E-state index in [1.807, 2.05) is 39.0 Å². The second-order valence-electron chi connectivity index (χ2n) is 4.82. The predicted molar refractivity (Wildman–Crippen MR) is 72.4 cm³/mol. The second kappa shape index (κ2) is 6.40. The third-order valence-corrected chi connectivity index (χ3v) is 2.92. The lowest BCUT2D eigenvalue weighted by molar-refractivity contribution is -0.121. The van der Waals surface area contributed by atoms with Gasteiger partial charge in [0.05, 0.1) is 13.2 Å². The summed E-state index contributed by atoms with van der Waals surface area (Å²) >= 11 is 0. The minimum atomic E-state index is -0.324. The third-order valence-electron chi connectivity index (χ3n) is 2.92. The molecule has 0 aromatic heterocycles. The van der Waals surface area contributed by atoms with E-state index < -0.39 is 0 Å². The van der Waals surface area contributed by atoms with E-state index in [1.54, 1.807) is 7.11 Å². The number of rotatable bonds is 6. The monoisotopic (exact) mass is 250 g/mol. The normalized spacial score (nSPS) is 12.5. The Kier molecular flexibility index (Phi) is 5.16. The van der Waals surface area contributed by atoms with Gasteiger partial charge in [0.1, 0.15) is 5.75 Å². The highest BCUT2D eigenvalue weighted by molar-refractivity contribution is 5.80. The van der Waals surface area contributed by atoms with Gasteiger partial charge < -0.3 is 15.8 Å². The molecule has 0 aliphatic rings. The van der Waals surface area contributed by atoms with Gasteiger partial charge in [-0.05, 0) is 18.9 Å². The number of methoxy groups -OCH3 is 1. The Morgan fingerprint density at radius 3 is 2.61 bits per heavy atom. The molecule has 0 saturated carbocycles. The number of ether oxygens (including phenoxy) is 1. The van der Waals surface area contributed by atoms with Gasteiger partial charge in [-0.2, -0.15) is 0 Å². The van der Waals surface area contributed by atoms with Crippen molar-refractivity contribution in [2.75, 3.05) is 7.11 Å². The lowest BCUT2D eigenvalue weighted by Crippen LogP contribution is -2.44. The number of carbonyl (C=O) groups excluding carboxylic acids is 1. The maximum Gasteiger partial charge on any atom is 0.234 e. The number of nitrogens with one attached hydrogen (secondary N) is 1. The van der Waals surface area contributed by atoms with Gasteiger partial charge in [-0.15, -0.1) is 0 Å². The Balaban J connectivity index is 2.78. The molecule has 1 aromatic rings. The van der Waals surface area contributed by atoms with Crippen molar-refractivity contribution in [3.63, 3.8) is 0 Å².